The number of aryl methyl sites for hydroxylation is 6. The molecule has 0 unspecified atom stereocenters. The van der Waals surface area contributed by atoms with Crippen LogP contribution >= 0.6 is 61.3 Å². The van der Waals surface area contributed by atoms with Gasteiger partial charge < -0.3 is 81.1 Å². The Morgan fingerprint density at radius 2 is 0.838 bits per heavy atom. The first kappa shape index (κ1) is 91.9. The van der Waals surface area contributed by atoms with Gasteiger partial charge >= 0.3 is 31.5 Å². The zero-order valence-corrected chi connectivity index (χ0v) is 74.5. The molecule has 12 aromatic rings. The summed E-state index contributed by atoms with van der Waals surface area (Å²) in [5.41, 5.74) is 24.0. The molecule has 28 nitrogen and oxygen atoms in total. The molecule has 0 aliphatic heterocycles. The first-order valence-electron chi connectivity index (χ1n) is 37.9. The van der Waals surface area contributed by atoms with Gasteiger partial charge in [0.1, 0.15) is 49.7 Å². The van der Waals surface area contributed by atoms with E-state index in [1.807, 2.05) is 166 Å². The highest BCUT2D eigenvalue weighted by molar-refractivity contribution is 9.10. The first-order chi connectivity index (χ1) is 55.1. The summed E-state index contributed by atoms with van der Waals surface area (Å²) in [7, 11) is 4.48. The summed E-state index contributed by atoms with van der Waals surface area (Å²) in [5.74, 6) is 1.59. The maximum atomic E-state index is 11.9. The maximum Gasteiger partial charge on any atom is 0.499 e. The van der Waals surface area contributed by atoms with Crippen LogP contribution in [0, 0.1) is 0 Å². The summed E-state index contributed by atoms with van der Waals surface area (Å²) in [4.78, 5) is 91.5. The van der Waals surface area contributed by atoms with E-state index in [1.165, 1.54) is 16.9 Å². The minimum absolute atomic E-state index is 0.312. The fourth-order valence-electron chi connectivity index (χ4n) is 10.9. The number of amides is 4. The maximum absolute atomic E-state index is 11.9. The molecule has 12 rings (SSSR count). The number of hydrogen-bond donors (Lipinski definition) is 9. The number of fused-ring (bicyclic) bond motifs is 2. The van der Waals surface area contributed by atoms with Crippen LogP contribution in [-0.4, -0.2) is 120 Å². The van der Waals surface area contributed by atoms with Gasteiger partial charge in [-0.1, -0.05) is 33.8 Å². The summed E-state index contributed by atoms with van der Waals surface area (Å²) in [5, 5.41) is 32.2. The third kappa shape index (κ3) is 28.9. The smallest absolute Gasteiger partial charge is 0.444 e. The highest BCUT2D eigenvalue weighted by atomic mass is 79.9. The number of imidazole rings is 2. The number of carbonyl (C=O) groups is 4. The van der Waals surface area contributed by atoms with E-state index < -0.39 is 53.9 Å². The monoisotopic (exact) mass is 1730 g/mol. The summed E-state index contributed by atoms with van der Waals surface area (Å²) in [6.45, 7) is 32.0. The molecule has 117 heavy (non-hydrogen) atoms. The average molecular weight is 1730 g/mol. The topological polar surface area (TPSA) is 374 Å². The lowest BCUT2D eigenvalue weighted by Crippen LogP contribution is -2.32. The van der Waals surface area contributed by atoms with Crippen molar-refractivity contribution in [2.75, 3.05) is 28.7 Å². The van der Waals surface area contributed by atoms with Crippen molar-refractivity contribution >= 4 is 154 Å². The van der Waals surface area contributed by atoms with Crippen molar-refractivity contribution < 1.29 is 48.2 Å². The van der Waals surface area contributed by atoms with Crippen LogP contribution in [0.2, 0.25) is 0 Å². The normalized spacial score (nSPS) is 11.3. The number of nitrogens with one attached hydrogen (secondary N) is 5. The second-order valence-electron chi connectivity index (χ2n) is 30.7. The predicted octanol–water partition coefficient (Wildman–Crippen LogP) is 17.3. The predicted molar refractivity (Wildman–Crippen MR) is 476 cm³/mol. The van der Waals surface area contributed by atoms with Crippen LogP contribution < -0.4 is 47.7 Å². The Kier molecular flexibility index (Phi) is 32.6. The number of pyridine rings is 6. The van der Waals surface area contributed by atoms with E-state index in [4.69, 9.17) is 45.4 Å². The molecule has 0 atom stereocenters. The van der Waals surface area contributed by atoms with Gasteiger partial charge in [0.05, 0.1) is 142 Å². The SMILES string of the molecule is CC(C)(C)OC(=O)NCc1ccc(B(O)O)s1.CCc1cc(-c2ccc(CNC(=O)OC(C)(C)C)s2)ncc1N.CCc1cc(-c2ccc(CNC(=O)OC(C)(C)C)s2)ncc1N(C)c1cc2c(cn1)ncn2C.CCc1cc(-c2ccc(CNC(=O)OC(C)(C)C)s2)ncc1Nc1cc2c(cn1)ncn2C.CCc1cc(Br)ncc1N. The van der Waals surface area contributed by atoms with Gasteiger partial charge in [0.2, 0.25) is 0 Å². The number of thiophene rings is 4. The lowest BCUT2D eigenvalue weighted by atomic mass is 9.90. The van der Waals surface area contributed by atoms with E-state index in [9.17, 15) is 19.2 Å². The van der Waals surface area contributed by atoms with E-state index in [2.05, 4.69) is 122 Å². The molecule has 622 valence electrons. The van der Waals surface area contributed by atoms with Crippen LogP contribution in [0.1, 0.15) is 153 Å². The van der Waals surface area contributed by atoms with E-state index in [-0.39, 0.29) is 0 Å². The van der Waals surface area contributed by atoms with Crippen molar-refractivity contribution in [3.8, 4) is 31.7 Å². The van der Waals surface area contributed by atoms with Crippen LogP contribution in [0.3, 0.4) is 0 Å². The Balaban J connectivity index is 0.000000192. The fraction of sp³-hybridized carbons (Fsp3) is 0.373. The van der Waals surface area contributed by atoms with E-state index in [0.29, 0.717) is 31.0 Å². The van der Waals surface area contributed by atoms with Crippen LogP contribution in [-0.2, 0) is 84.9 Å². The van der Waals surface area contributed by atoms with Crippen molar-refractivity contribution in [3.63, 3.8) is 0 Å². The van der Waals surface area contributed by atoms with Gasteiger partial charge in [-0.05, 0) is 214 Å². The van der Waals surface area contributed by atoms with E-state index >= 15 is 0 Å². The van der Waals surface area contributed by atoms with Crippen LogP contribution in [0.15, 0.2) is 139 Å². The van der Waals surface area contributed by atoms with Gasteiger partial charge in [-0.2, -0.15) is 0 Å². The number of ether oxygens (including phenoxy) is 4. The molecule has 0 fully saturated rings. The Labute approximate surface area is 708 Å². The van der Waals surface area contributed by atoms with Crippen molar-refractivity contribution in [1.29, 1.82) is 0 Å². The van der Waals surface area contributed by atoms with Gasteiger partial charge in [0.25, 0.3) is 0 Å². The number of carbonyl (C=O) groups excluding carboxylic acids is 4. The number of aromatic nitrogens is 10. The number of nitrogen functional groups attached to an aromatic ring is 2. The molecule has 0 aliphatic carbocycles. The van der Waals surface area contributed by atoms with Gasteiger partial charge in [0, 0.05) is 57.6 Å². The van der Waals surface area contributed by atoms with Crippen LogP contribution in [0.25, 0.3) is 53.8 Å². The zero-order valence-electron chi connectivity index (χ0n) is 69.7. The van der Waals surface area contributed by atoms with Gasteiger partial charge in [0.15, 0.2) is 0 Å². The van der Waals surface area contributed by atoms with Gasteiger partial charge in [-0.3, -0.25) is 15.0 Å². The molecular formula is C83H106BBrN18O10S4. The second kappa shape index (κ2) is 41.5. The minimum Gasteiger partial charge on any atom is -0.444 e. The molecule has 4 amide bonds. The average Bonchev–Trinajstić information content (AvgIpc) is 1.76. The standard InChI is InChI=1S/C25H30N6O2S.C24H28N6O2S.C17H23N3O2S.C10H16BNO4S.C7H9BrN2/c1-7-16-10-18(22-9-8-17(34-22)12-28-24(32)33-25(2,3)4)26-14-21(16)31(6)23-11-20-19(13-27-23)29-15-30(20)5;1-6-15-9-17(21-8-7-16(33-21)11-27-23(31)32-24(2,3)4)25-12-18(15)29-22-10-20-19(13-26-22)28-14-30(20)5;1-5-11-8-14(19-10-13(11)18)15-7-6-12(23-15)9-20-16(21)22-17(2,3)4;1-10(2,3)16-9(13)12-6-7-4-5-8(17-7)11(14)15;1-2-5-3-7(8)10-4-6(5)9/h8-11,13-15H,7,12H2,1-6H3,(H,28,32);7-10,12-14H,6,11H2,1-5H3,(H,26,29)(H,27,31);6-8,10H,5,9,18H2,1-4H3,(H,20,21);4-5,14-15H,6H2,1-3H3,(H,12,13);3-4H,2,9H2,1H3. The lowest BCUT2D eigenvalue weighted by molar-refractivity contribution is 0.0512. The molecule has 0 radical (unpaired) electrons. The van der Waals surface area contributed by atoms with Crippen LogP contribution in [0.5, 0.6) is 0 Å². The van der Waals surface area contributed by atoms with Crippen molar-refractivity contribution in [3.05, 3.63) is 181 Å². The minimum atomic E-state index is -1.46. The highest BCUT2D eigenvalue weighted by Gasteiger charge is 2.23. The third-order valence-electron chi connectivity index (χ3n) is 16.6. The van der Waals surface area contributed by atoms with Crippen LogP contribution in [0.4, 0.5) is 53.6 Å². The molecule has 34 heteroatoms. The van der Waals surface area contributed by atoms with E-state index in [0.717, 1.165) is 155 Å². The summed E-state index contributed by atoms with van der Waals surface area (Å²) in [6.07, 6.45) is 16.1. The highest BCUT2D eigenvalue weighted by Crippen LogP contribution is 2.35. The number of hydrogen-bond acceptors (Lipinski definition) is 26. The second-order valence-corrected chi connectivity index (χ2v) is 36.2. The molecule has 0 spiro atoms. The number of alkyl carbamates (subject to hydrolysis) is 4. The number of anilines is 6. The van der Waals surface area contributed by atoms with E-state index in [1.54, 1.807) is 104 Å². The van der Waals surface area contributed by atoms with Gasteiger partial charge in [-0.15, -0.1) is 45.3 Å². The van der Waals surface area contributed by atoms with Crippen molar-refractivity contribution in [1.82, 2.24) is 70.3 Å². The zero-order chi connectivity index (χ0) is 85.7. The molecule has 0 saturated carbocycles. The van der Waals surface area contributed by atoms with Crippen molar-refractivity contribution in [2.24, 2.45) is 14.1 Å². The van der Waals surface area contributed by atoms with Gasteiger partial charge in [-0.25, -0.2) is 44.1 Å². The molecule has 12 aromatic heterocycles. The number of nitrogens with zero attached hydrogens (tertiary/aromatic N) is 11. The molecule has 0 aromatic carbocycles. The lowest BCUT2D eigenvalue weighted by Gasteiger charge is -2.21. The molecular weight excluding hydrogens is 1630 g/mol. The summed E-state index contributed by atoms with van der Waals surface area (Å²) in [6, 6.07) is 27.6. The molecule has 12 heterocycles. The fourth-order valence-corrected chi connectivity index (χ4v) is 14.8. The third-order valence-corrected chi connectivity index (χ3v) is 21.5. The first-order valence-corrected chi connectivity index (χ1v) is 42.0. The largest absolute Gasteiger partial charge is 0.499 e. The Bertz CT molecular complexity index is 5320. The number of nitrogens with two attached hydrogens (primary N) is 2. The molecule has 0 saturated heterocycles. The summed E-state index contributed by atoms with van der Waals surface area (Å²) >= 11 is 9.31. The summed E-state index contributed by atoms with van der Waals surface area (Å²) < 4.78 is 26.1. The van der Waals surface area contributed by atoms with Crippen molar-refractivity contribution in [2.45, 2.75) is 185 Å². The molecule has 0 aliphatic rings. The Hall–Kier alpha value is -10.6. The Morgan fingerprint density at radius 3 is 1.26 bits per heavy atom. The number of halogens is 1. The number of rotatable bonds is 20. The quantitative estimate of drug-likeness (QED) is 0.0194. The molecule has 0 bridgehead atoms. The Morgan fingerprint density at radius 1 is 0.462 bits per heavy atom. The molecule has 11 N–H and O–H groups in total.